The smallest absolute Gasteiger partial charge is 0.305 e. The van der Waals surface area contributed by atoms with Gasteiger partial charge < -0.3 is 28.8 Å². The van der Waals surface area contributed by atoms with Gasteiger partial charge in [-0.2, -0.15) is 0 Å². The van der Waals surface area contributed by atoms with Crippen LogP contribution in [0.1, 0.15) is 90.9 Å². The van der Waals surface area contributed by atoms with E-state index < -0.39 is 6.10 Å². The molecule has 0 bridgehead atoms. The number of hydrogen-bond donors (Lipinski definition) is 1. The number of allylic oxidation sites excluding steroid dienone is 2. The topological polar surface area (TPSA) is 83.5 Å². The van der Waals surface area contributed by atoms with Crippen LogP contribution in [-0.4, -0.2) is 62.3 Å². The van der Waals surface area contributed by atoms with Crippen molar-refractivity contribution in [2.45, 2.75) is 122 Å². The lowest BCUT2D eigenvalue weighted by molar-refractivity contribution is -0.193. The molecular weight excluding hydrogens is 496 g/mol. The molecule has 1 aliphatic carbocycles. The molecule has 0 aromatic rings. The highest BCUT2D eigenvalue weighted by Crippen LogP contribution is 2.40. The molecule has 0 aromatic heterocycles. The molecule has 7 nitrogen and oxygen atoms in total. The number of hydrogen-bond acceptors (Lipinski definition) is 7. The molecule has 7 heteroatoms. The van der Waals surface area contributed by atoms with E-state index in [1.807, 2.05) is 6.92 Å². The molecule has 3 unspecified atom stereocenters. The van der Waals surface area contributed by atoms with Gasteiger partial charge in [0, 0.05) is 38.4 Å². The van der Waals surface area contributed by atoms with Gasteiger partial charge in [0.25, 0.3) is 0 Å². The van der Waals surface area contributed by atoms with Crippen molar-refractivity contribution in [3.63, 3.8) is 0 Å². The summed E-state index contributed by atoms with van der Waals surface area (Å²) in [5.74, 6) is 6.30. The molecule has 0 amide bonds. The molecule has 3 aliphatic rings. The highest BCUT2D eigenvalue weighted by atomic mass is 16.7. The highest BCUT2D eigenvalue weighted by molar-refractivity contribution is 5.69. The summed E-state index contributed by atoms with van der Waals surface area (Å²) < 4.78 is 29.4. The fraction of sp³-hybridized carbons (Fsp3) is 0.781. The van der Waals surface area contributed by atoms with Crippen LogP contribution in [0.4, 0.5) is 0 Å². The Morgan fingerprint density at radius 3 is 2.51 bits per heavy atom. The summed E-state index contributed by atoms with van der Waals surface area (Å²) in [4.78, 5) is 11.4. The van der Waals surface area contributed by atoms with Crippen molar-refractivity contribution in [3.8, 4) is 11.8 Å². The largest absolute Gasteiger partial charge is 0.469 e. The van der Waals surface area contributed by atoms with Crippen LogP contribution < -0.4 is 0 Å². The lowest BCUT2D eigenvalue weighted by Gasteiger charge is -2.31. The number of unbranched alkanes of at least 4 members (excludes halogenated alkanes) is 1. The monoisotopic (exact) mass is 546 g/mol. The van der Waals surface area contributed by atoms with Gasteiger partial charge in [-0.3, -0.25) is 4.79 Å². The zero-order chi connectivity index (χ0) is 27.9. The van der Waals surface area contributed by atoms with Crippen molar-refractivity contribution in [3.05, 3.63) is 24.3 Å². The van der Waals surface area contributed by atoms with Crippen molar-refractivity contribution < 1.29 is 33.6 Å². The predicted octanol–water partition coefficient (Wildman–Crippen LogP) is 5.70. The second-order valence-electron chi connectivity index (χ2n) is 11.1. The zero-order valence-electron chi connectivity index (χ0n) is 24.2. The van der Waals surface area contributed by atoms with Crippen LogP contribution in [0.5, 0.6) is 0 Å². The quantitative estimate of drug-likeness (QED) is 0.129. The second kappa shape index (κ2) is 17.9. The number of aliphatic hydroxyl groups is 1. The predicted molar refractivity (Wildman–Crippen MR) is 151 cm³/mol. The Morgan fingerprint density at radius 2 is 1.85 bits per heavy atom. The molecule has 2 saturated heterocycles. The summed E-state index contributed by atoms with van der Waals surface area (Å²) in [6.07, 6.45) is 17.7. The highest BCUT2D eigenvalue weighted by Gasteiger charge is 2.42. The molecule has 1 saturated carbocycles. The number of esters is 1. The van der Waals surface area contributed by atoms with E-state index in [1.54, 1.807) is 0 Å². The Labute approximate surface area is 235 Å². The molecule has 39 heavy (non-hydrogen) atoms. The van der Waals surface area contributed by atoms with Crippen molar-refractivity contribution in [1.82, 2.24) is 0 Å². The van der Waals surface area contributed by atoms with Gasteiger partial charge in [0.2, 0.25) is 0 Å². The van der Waals surface area contributed by atoms with Gasteiger partial charge in [-0.1, -0.05) is 31.2 Å². The number of rotatable bonds is 14. The molecule has 3 fully saturated rings. The van der Waals surface area contributed by atoms with Gasteiger partial charge in [-0.05, 0) is 76.5 Å². The molecule has 0 spiro atoms. The number of methoxy groups -OCH3 is 1. The number of carbonyl (C=O) groups is 1. The minimum absolute atomic E-state index is 0.0315. The van der Waals surface area contributed by atoms with Crippen LogP contribution in [0.2, 0.25) is 0 Å². The molecule has 2 heterocycles. The lowest BCUT2D eigenvalue weighted by Crippen LogP contribution is -2.32. The first-order valence-electron chi connectivity index (χ1n) is 15.0. The standard InChI is InChI=1S/C32H50O7/c1-4-5-14-24(2)28(38-31-17-10-12-21-36-31)20-19-26-25(15-8-6-7-9-16-30(34)35-3)27(33)23-29(26)39-32-18-11-13-22-37-32/h6,8,19-20,24-29,31-33H,7,9-18,21-23H2,1-3H3/b8-6-,20-19+/t24?,25-,26-,27-,28-,29-,31?,32?/m1/s1. The number of carbonyl (C=O) groups excluding carboxylic acids is 1. The molecule has 1 N–H and O–H groups in total. The second-order valence-corrected chi connectivity index (χ2v) is 11.1. The Hall–Kier alpha value is -1.69. The van der Waals surface area contributed by atoms with Crippen molar-refractivity contribution in [1.29, 1.82) is 0 Å². The fourth-order valence-corrected chi connectivity index (χ4v) is 5.66. The van der Waals surface area contributed by atoms with E-state index in [0.29, 0.717) is 12.8 Å². The Morgan fingerprint density at radius 1 is 1.10 bits per heavy atom. The summed E-state index contributed by atoms with van der Waals surface area (Å²) in [5, 5.41) is 11.1. The van der Waals surface area contributed by atoms with E-state index in [4.69, 9.17) is 23.7 Å². The lowest BCUT2D eigenvalue weighted by atomic mass is 9.88. The first-order valence-corrected chi connectivity index (χ1v) is 15.0. The third-order valence-electron chi connectivity index (χ3n) is 8.04. The summed E-state index contributed by atoms with van der Waals surface area (Å²) in [7, 11) is 1.42. The van der Waals surface area contributed by atoms with E-state index in [0.717, 1.165) is 77.4 Å². The molecule has 8 atom stereocenters. The van der Waals surface area contributed by atoms with E-state index in [-0.39, 0.29) is 48.5 Å². The molecule has 0 aromatic carbocycles. The maximum absolute atomic E-state index is 11.4. The van der Waals surface area contributed by atoms with Gasteiger partial charge in [0.15, 0.2) is 12.6 Å². The van der Waals surface area contributed by atoms with E-state index in [2.05, 4.69) is 43.1 Å². The van der Waals surface area contributed by atoms with Gasteiger partial charge in [0.05, 0.1) is 25.4 Å². The van der Waals surface area contributed by atoms with Crippen molar-refractivity contribution >= 4 is 5.97 Å². The van der Waals surface area contributed by atoms with Crippen LogP contribution in [0.25, 0.3) is 0 Å². The molecule has 2 aliphatic heterocycles. The maximum Gasteiger partial charge on any atom is 0.305 e. The molecular formula is C32H50O7. The van der Waals surface area contributed by atoms with Crippen LogP contribution >= 0.6 is 0 Å². The third kappa shape index (κ3) is 11.0. The van der Waals surface area contributed by atoms with Gasteiger partial charge >= 0.3 is 5.97 Å². The third-order valence-corrected chi connectivity index (χ3v) is 8.04. The first-order chi connectivity index (χ1) is 19.0. The van der Waals surface area contributed by atoms with Crippen LogP contribution in [-0.2, 0) is 28.5 Å². The Bertz CT molecular complexity index is 816. The van der Waals surface area contributed by atoms with Crippen LogP contribution in [0.15, 0.2) is 24.3 Å². The van der Waals surface area contributed by atoms with Gasteiger partial charge in [-0.15, -0.1) is 11.8 Å². The number of aliphatic hydroxyl groups excluding tert-OH is 1. The van der Waals surface area contributed by atoms with Crippen molar-refractivity contribution in [2.75, 3.05) is 20.3 Å². The Balaban J connectivity index is 1.71. The van der Waals surface area contributed by atoms with Crippen LogP contribution in [0.3, 0.4) is 0 Å². The Kier molecular flexibility index (Phi) is 14.6. The fourth-order valence-electron chi connectivity index (χ4n) is 5.66. The van der Waals surface area contributed by atoms with Crippen LogP contribution in [0, 0.1) is 29.6 Å². The minimum Gasteiger partial charge on any atom is -0.469 e. The van der Waals surface area contributed by atoms with E-state index >= 15 is 0 Å². The van der Waals surface area contributed by atoms with E-state index in [1.165, 1.54) is 7.11 Å². The summed E-state index contributed by atoms with van der Waals surface area (Å²) >= 11 is 0. The summed E-state index contributed by atoms with van der Waals surface area (Å²) in [6.45, 7) is 5.51. The number of ether oxygens (including phenoxy) is 5. The van der Waals surface area contributed by atoms with Crippen molar-refractivity contribution in [2.24, 2.45) is 17.8 Å². The molecule has 220 valence electrons. The normalized spacial score (nSPS) is 31.2. The SMILES string of the molecule is CC#CCC(C)[C@@H](/C=C/[C@@H]1[C@@H](C/C=C\CCCC(=O)OC)[C@H](O)C[C@H]1OC1CCCCO1)OC1CCCCO1. The average molecular weight is 547 g/mol. The van der Waals surface area contributed by atoms with E-state index in [9.17, 15) is 9.90 Å². The summed E-state index contributed by atoms with van der Waals surface area (Å²) in [5.41, 5.74) is 0. The van der Waals surface area contributed by atoms with Gasteiger partial charge in [-0.25, -0.2) is 0 Å². The minimum atomic E-state index is -0.461. The zero-order valence-corrected chi connectivity index (χ0v) is 24.2. The summed E-state index contributed by atoms with van der Waals surface area (Å²) in [6, 6.07) is 0. The molecule has 0 radical (unpaired) electrons. The van der Waals surface area contributed by atoms with Gasteiger partial charge in [0.1, 0.15) is 0 Å². The average Bonchev–Trinajstić information content (AvgIpc) is 3.25. The maximum atomic E-state index is 11.4. The first kappa shape index (κ1) is 31.8. The molecule has 3 rings (SSSR count).